The Morgan fingerprint density at radius 2 is 1.75 bits per heavy atom. The van der Waals surface area contributed by atoms with Crippen LogP contribution in [0.3, 0.4) is 0 Å². The fraction of sp³-hybridized carbons (Fsp3) is 0.800. The lowest BCUT2D eigenvalue weighted by atomic mass is 9.91. The Balaban J connectivity index is 4.78. The molecule has 0 radical (unpaired) electrons. The Kier molecular flexibility index (Phi) is 4.15. The quantitative estimate of drug-likeness (QED) is 0.454. The molecule has 0 heterocycles. The van der Waals surface area contributed by atoms with Gasteiger partial charge in [0.2, 0.25) is 0 Å². The van der Waals surface area contributed by atoms with Gasteiger partial charge in [-0.3, -0.25) is 0 Å². The number of hydrogen-bond donors (Lipinski definition) is 0. The molecule has 0 aromatic rings. The molecule has 0 amide bonds. The van der Waals surface area contributed by atoms with Crippen LogP contribution in [0.2, 0.25) is 0 Å². The van der Waals surface area contributed by atoms with Crippen molar-refractivity contribution in [2.24, 2.45) is 10.2 Å². The molecule has 0 saturated carbocycles. The lowest BCUT2D eigenvalue weighted by Gasteiger charge is -2.21. The van der Waals surface area contributed by atoms with Crippen molar-refractivity contribution in [2.45, 2.75) is 46.6 Å². The summed E-state index contributed by atoms with van der Waals surface area (Å²) in [7, 11) is 1.72. The Bertz CT molecular complexity index is 200. The molecular weight excluding hydrogens is 148 g/mol. The van der Waals surface area contributed by atoms with Crippen molar-refractivity contribution in [1.29, 1.82) is 0 Å². The van der Waals surface area contributed by atoms with Crippen molar-refractivity contribution < 1.29 is 0 Å². The van der Waals surface area contributed by atoms with Crippen LogP contribution in [-0.4, -0.2) is 12.6 Å². The van der Waals surface area contributed by atoms with E-state index in [0.717, 1.165) is 6.42 Å². The molecule has 0 saturated heterocycles. The Morgan fingerprint density at radius 1 is 1.25 bits per heavy atom. The monoisotopic (exact) mass is 168 g/mol. The van der Waals surface area contributed by atoms with Crippen molar-refractivity contribution in [1.82, 2.24) is 0 Å². The van der Waals surface area contributed by atoms with Gasteiger partial charge in [0.05, 0.1) is 5.54 Å². The van der Waals surface area contributed by atoms with Gasteiger partial charge in [0.1, 0.15) is 0 Å². The second kappa shape index (κ2) is 4.39. The molecule has 0 bridgehead atoms. The summed E-state index contributed by atoms with van der Waals surface area (Å²) in [5.74, 6) is 0. The summed E-state index contributed by atoms with van der Waals surface area (Å²) in [5.41, 5.74) is 2.61. The summed E-state index contributed by atoms with van der Waals surface area (Å²) in [5, 5.41) is 8.03. The molecule has 2 nitrogen and oxygen atoms in total. The number of rotatable bonds is 3. The van der Waals surface area contributed by atoms with E-state index in [1.165, 1.54) is 11.1 Å². The molecular formula is C10H20N2. The standard InChI is InChI=1S/C10H20N2/c1-7-8(2)9(3)10(4,5)12-11-6/h7H2,1-6H3/b9-8-,12-11-. The first kappa shape index (κ1) is 11.3. The van der Waals surface area contributed by atoms with Crippen molar-refractivity contribution in [2.75, 3.05) is 7.05 Å². The number of hydrogen-bond acceptors (Lipinski definition) is 2. The van der Waals surface area contributed by atoms with Gasteiger partial charge in [-0.15, -0.1) is 0 Å². The summed E-state index contributed by atoms with van der Waals surface area (Å²) in [6.45, 7) is 10.6. The summed E-state index contributed by atoms with van der Waals surface area (Å²) >= 11 is 0. The SMILES string of the molecule is CC/C(C)=C(/C)C(C)(C)/N=N\C. The molecule has 0 spiro atoms. The van der Waals surface area contributed by atoms with Crippen LogP contribution in [0.15, 0.2) is 21.4 Å². The van der Waals surface area contributed by atoms with Gasteiger partial charge in [-0.05, 0) is 39.7 Å². The first-order valence-corrected chi connectivity index (χ1v) is 4.43. The fourth-order valence-electron chi connectivity index (χ4n) is 1.11. The summed E-state index contributed by atoms with van der Waals surface area (Å²) in [6, 6.07) is 0. The molecule has 0 aliphatic carbocycles. The van der Waals surface area contributed by atoms with E-state index in [2.05, 4.69) is 44.8 Å². The van der Waals surface area contributed by atoms with E-state index in [1.54, 1.807) is 7.05 Å². The average molecular weight is 168 g/mol. The molecule has 0 aromatic heterocycles. The molecule has 0 unspecified atom stereocenters. The highest BCUT2D eigenvalue weighted by Crippen LogP contribution is 2.24. The van der Waals surface area contributed by atoms with Crippen molar-refractivity contribution in [3.8, 4) is 0 Å². The van der Waals surface area contributed by atoms with Crippen LogP contribution in [0, 0.1) is 0 Å². The molecule has 0 aliphatic heterocycles. The van der Waals surface area contributed by atoms with Crippen LogP contribution in [0.5, 0.6) is 0 Å². The zero-order chi connectivity index (χ0) is 9.78. The van der Waals surface area contributed by atoms with Crippen LogP contribution in [0.1, 0.15) is 41.0 Å². The maximum Gasteiger partial charge on any atom is 0.0968 e. The highest BCUT2D eigenvalue weighted by Gasteiger charge is 2.19. The Hall–Kier alpha value is -0.660. The molecule has 70 valence electrons. The van der Waals surface area contributed by atoms with Crippen LogP contribution in [0.25, 0.3) is 0 Å². The molecule has 2 heteroatoms. The fourth-order valence-corrected chi connectivity index (χ4v) is 1.11. The van der Waals surface area contributed by atoms with Crippen LogP contribution in [0.4, 0.5) is 0 Å². The molecule has 12 heavy (non-hydrogen) atoms. The van der Waals surface area contributed by atoms with Gasteiger partial charge in [-0.1, -0.05) is 12.5 Å². The van der Waals surface area contributed by atoms with Gasteiger partial charge < -0.3 is 0 Å². The van der Waals surface area contributed by atoms with E-state index >= 15 is 0 Å². The van der Waals surface area contributed by atoms with Crippen LogP contribution < -0.4 is 0 Å². The molecule has 0 aromatic carbocycles. The van der Waals surface area contributed by atoms with E-state index in [4.69, 9.17) is 0 Å². The lowest BCUT2D eigenvalue weighted by molar-refractivity contribution is 0.568. The normalized spacial score (nSPS) is 15.2. The van der Waals surface area contributed by atoms with Crippen molar-refractivity contribution >= 4 is 0 Å². The average Bonchev–Trinajstić information content (AvgIpc) is 2.01. The third kappa shape index (κ3) is 2.76. The van der Waals surface area contributed by atoms with E-state index in [-0.39, 0.29) is 5.54 Å². The highest BCUT2D eigenvalue weighted by molar-refractivity contribution is 5.20. The highest BCUT2D eigenvalue weighted by atomic mass is 15.1. The minimum absolute atomic E-state index is 0.130. The van der Waals surface area contributed by atoms with E-state index < -0.39 is 0 Å². The minimum atomic E-state index is -0.130. The summed E-state index contributed by atoms with van der Waals surface area (Å²) in [6.07, 6.45) is 1.09. The number of azo groups is 1. The predicted octanol–water partition coefficient (Wildman–Crippen LogP) is 3.59. The molecule has 0 rings (SSSR count). The van der Waals surface area contributed by atoms with Gasteiger partial charge in [0.15, 0.2) is 0 Å². The number of allylic oxidation sites excluding steroid dienone is 1. The molecule has 0 aliphatic rings. The molecule has 0 atom stereocenters. The van der Waals surface area contributed by atoms with Gasteiger partial charge in [-0.2, -0.15) is 10.2 Å². The van der Waals surface area contributed by atoms with Crippen LogP contribution >= 0.6 is 0 Å². The minimum Gasteiger partial charge on any atom is -0.197 e. The third-order valence-corrected chi connectivity index (χ3v) is 2.44. The first-order chi connectivity index (χ1) is 5.45. The van der Waals surface area contributed by atoms with Gasteiger partial charge >= 0.3 is 0 Å². The van der Waals surface area contributed by atoms with Crippen molar-refractivity contribution in [3.05, 3.63) is 11.1 Å². The summed E-state index contributed by atoms with van der Waals surface area (Å²) in [4.78, 5) is 0. The second-order valence-corrected chi connectivity index (χ2v) is 3.62. The van der Waals surface area contributed by atoms with Gasteiger partial charge in [0.25, 0.3) is 0 Å². The van der Waals surface area contributed by atoms with Crippen LogP contribution in [-0.2, 0) is 0 Å². The van der Waals surface area contributed by atoms with Gasteiger partial charge in [0, 0.05) is 7.05 Å². The van der Waals surface area contributed by atoms with Gasteiger partial charge in [-0.25, -0.2) is 0 Å². The third-order valence-electron chi connectivity index (χ3n) is 2.44. The number of nitrogens with zero attached hydrogens (tertiary/aromatic N) is 2. The van der Waals surface area contributed by atoms with E-state index in [9.17, 15) is 0 Å². The topological polar surface area (TPSA) is 24.7 Å². The predicted molar refractivity (Wildman–Crippen MR) is 53.5 cm³/mol. The lowest BCUT2D eigenvalue weighted by Crippen LogP contribution is -2.18. The van der Waals surface area contributed by atoms with E-state index in [1.807, 2.05) is 0 Å². The molecule has 0 fully saturated rings. The maximum absolute atomic E-state index is 4.19. The van der Waals surface area contributed by atoms with Crippen molar-refractivity contribution in [3.63, 3.8) is 0 Å². The summed E-state index contributed by atoms with van der Waals surface area (Å²) < 4.78 is 0. The first-order valence-electron chi connectivity index (χ1n) is 4.43. The Morgan fingerprint density at radius 3 is 2.08 bits per heavy atom. The second-order valence-electron chi connectivity index (χ2n) is 3.62. The molecule has 0 N–H and O–H groups in total. The van der Waals surface area contributed by atoms with E-state index in [0.29, 0.717) is 0 Å². The smallest absolute Gasteiger partial charge is 0.0968 e. The zero-order valence-electron chi connectivity index (χ0n) is 9.10. The Labute approximate surface area is 75.8 Å². The largest absolute Gasteiger partial charge is 0.197 e. The maximum atomic E-state index is 4.19. The zero-order valence-corrected chi connectivity index (χ0v) is 9.10.